The molecule has 1 saturated carbocycles. The molecular formula is C15H17N3O. The van der Waals surface area contributed by atoms with Crippen LogP contribution in [0.2, 0.25) is 0 Å². The van der Waals surface area contributed by atoms with E-state index >= 15 is 0 Å². The van der Waals surface area contributed by atoms with Crippen molar-refractivity contribution in [3.05, 3.63) is 42.4 Å². The third kappa shape index (κ3) is 2.38. The van der Waals surface area contributed by atoms with E-state index in [0.717, 1.165) is 29.7 Å². The molecular weight excluding hydrogens is 238 g/mol. The van der Waals surface area contributed by atoms with Crippen LogP contribution in [-0.4, -0.2) is 21.5 Å². The minimum absolute atomic E-state index is 0.0289. The van der Waals surface area contributed by atoms with Gasteiger partial charge in [-0.15, -0.1) is 0 Å². The van der Waals surface area contributed by atoms with E-state index in [9.17, 15) is 4.79 Å². The first-order chi connectivity index (χ1) is 9.24. The molecule has 0 saturated heterocycles. The summed E-state index contributed by atoms with van der Waals surface area (Å²) in [7, 11) is 1.96. The summed E-state index contributed by atoms with van der Waals surface area (Å²) in [6.45, 7) is 0. The minimum Gasteiger partial charge on any atom is -0.349 e. The van der Waals surface area contributed by atoms with Crippen LogP contribution in [0.3, 0.4) is 0 Å². The number of carbonyl (C=O) groups excluding carboxylic acids is 1. The van der Waals surface area contributed by atoms with Gasteiger partial charge in [0.1, 0.15) is 0 Å². The van der Waals surface area contributed by atoms with Crippen molar-refractivity contribution < 1.29 is 4.79 Å². The molecule has 1 aliphatic carbocycles. The predicted molar refractivity (Wildman–Crippen MR) is 73.7 cm³/mol. The molecule has 1 fully saturated rings. The number of nitrogens with one attached hydrogen (secondary N) is 1. The first kappa shape index (κ1) is 12.0. The molecule has 19 heavy (non-hydrogen) atoms. The number of hydrogen-bond acceptors (Lipinski definition) is 2. The fourth-order valence-corrected chi connectivity index (χ4v) is 2.25. The summed E-state index contributed by atoms with van der Waals surface area (Å²) in [6.07, 6.45) is 7.04. The van der Waals surface area contributed by atoms with E-state index in [1.54, 1.807) is 6.33 Å². The van der Waals surface area contributed by atoms with E-state index in [1.165, 1.54) is 6.42 Å². The summed E-state index contributed by atoms with van der Waals surface area (Å²) in [5, 5.41) is 3.04. The monoisotopic (exact) mass is 255 g/mol. The highest BCUT2D eigenvalue weighted by Gasteiger charge is 2.19. The summed E-state index contributed by atoms with van der Waals surface area (Å²) in [5.74, 6) is 0.0289. The Morgan fingerprint density at radius 1 is 1.32 bits per heavy atom. The lowest BCUT2D eigenvalue weighted by molar-refractivity contribution is 0.0917. The molecule has 1 aliphatic rings. The second-order valence-electron chi connectivity index (χ2n) is 5.07. The molecule has 1 amide bonds. The summed E-state index contributed by atoms with van der Waals surface area (Å²) in [6, 6.07) is 8.05. The average molecular weight is 255 g/mol. The second-order valence-corrected chi connectivity index (χ2v) is 5.07. The molecule has 0 atom stereocenters. The Morgan fingerprint density at radius 2 is 2.05 bits per heavy atom. The molecule has 0 spiro atoms. The highest BCUT2D eigenvalue weighted by atomic mass is 16.1. The standard InChI is InChI=1S/C15H17N3O/c1-18-10-16-9-14(18)11-5-7-12(8-6-11)15(19)17-13-3-2-4-13/h5-10,13H,2-4H2,1H3,(H,17,19). The Bertz CT molecular complexity index is 582. The first-order valence-electron chi connectivity index (χ1n) is 6.61. The maximum absolute atomic E-state index is 12.0. The Kier molecular flexibility index (Phi) is 3.07. The van der Waals surface area contributed by atoms with Crippen LogP contribution >= 0.6 is 0 Å². The lowest BCUT2D eigenvalue weighted by atomic mass is 9.93. The van der Waals surface area contributed by atoms with Crippen LogP contribution in [0.4, 0.5) is 0 Å². The van der Waals surface area contributed by atoms with Crippen LogP contribution in [0.15, 0.2) is 36.8 Å². The van der Waals surface area contributed by atoms with Gasteiger partial charge in [0.15, 0.2) is 0 Å². The predicted octanol–water partition coefficient (Wildman–Crippen LogP) is 2.37. The van der Waals surface area contributed by atoms with Crippen LogP contribution in [0.5, 0.6) is 0 Å². The quantitative estimate of drug-likeness (QED) is 0.915. The van der Waals surface area contributed by atoms with E-state index in [1.807, 2.05) is 42.1 Å². The van der Waals surface area contributed by atoms with Crippen LogP contribution in [0.25, 0.3) is 11.3 Å². The van der Waals surface area contributed by atoms with Crippen molar-refractivity contribution in [3.8, 4) is 11.3 Å². The van der Waals surface area contributed by atoms with Crippen LogP contribution in [0.1, 0.15) is 29.6 Å². The van der Waals surface area contributed by atoms with Gasteiger partial charge >= 0.3 is 0 Å². The van der Waals surface area contributed by atoms with Crippen LogP contribution in [0, 0.1) is 0 Å². The number of nitrogens with zero attached hydrogens (tertiary/aromatic N) is 2. The molecule has 0 radical (unpaired) electrons. The highest BCUT2D eigenvalue weighted by molar-refractivity contribution is 5.94. The van der Waals surface area contributed by atoms with Crippen molar-refractivity contribution in [3.63, 3.8) is 0 Å². The highest BCUT2D eigenvalue weighted by Crippen LogP contribution is 2.20. The lowest BCUT2D eigenvalue weighted by Gasteiger charge is -2.26. The van der Waals surface area contributed by atoms with E-state index in [4.69, 9.17) is 0 Å². The zero-order valence-corrected chi connectivity index (χ0v) is 11.0. The molecule has 2 aromatic rings. The number of hydrogen-bond donors (Lipinski definition) is 1. The largest absolute Gasteiger partial charge is 0.349 e. The smallest absolute Gasteiger partial charge is 0.251 e. The number of carbonyl (C=O) groups is 1. The fraction of sp³-hybridized carbons (Fsp3) is 0.333. The summed E-state index contributed by atoms with van der Waals surface area (Å²) in [4.78, 5) is 16.1. The molecule has 3 rings (SSSR count). The molecule has 4 heteroatoms. The number of aryl methyl sites for hydroxylation is 1. The van der Waals surface area contributed by atoms with E-state index in [-0.39, 0.29) is 5.91 Å². The Hall–Kier alpha value is -2.10. The SMILES string of the molecule is Cn1cncc1-c1ccc(C(=O)NC2CCC2)cc1. The number of amides is 1. The second kappa shape index (κ2) is 4.88. The van der Waals surface area contributed by atoms with Gasteiger partial charge in [-0.2, -0.15) is 0 Å². The normalized spacial score (nSPS) is 15.0. The van der Waals surface area contributed by atoms with Crippen LogP contribution in [-0.2, 0) is 7.05 Å². The number of imidazole rings is 1. The number of benzene rings is 1. The van der Waals surface area contributed by atoms with Gasteiger partial charge in [0.05, 0.1) is 18.2 Å². The maximum atomic E-state index is 12.0. The van der Waals surface area contributed by atoms with Crippen molar-refractivity contribution in [2.24, 2.45) is 7.05 Å². The lowest BCUT2D eigenvalue weighted by Crippen LogP contribution is -2.39. The van der Waals surface area contributed by atoms with Gasteiger partial charge in [-0.25, -0.2) is 4.98 Å². The van der Waals surface area contributed by atoms with Crippen molar-refractivity contribution >= 4 is 5.91 Å². The molecule has 98 valence electrons. The summed E-state index contributed by atoms with van der Waals surface area (Å²) >= 11 is 0. The molecule has 1 heterocycles. The van der Waals surface area contributed by atoms with Gasteiger partial charge in [-0.1, -0.05) is 12.1 Å². The van der Waals surface area contributed by atoms with E-state index in [2.05, 4.69) is 10.3 Å². The molecule has 1 N–H and O–H groups in total. The van der Waals surface area contributed by atoms with Crippen molar-refractivity contribution in [2.45, 2.75) is 25.3 Å². The van der Waals surface area contributed by atoms with Gasteiger partial charge in [0, 0.05) is 18.7 Å². The van der Waals surface area contributed by atoms with Crippen molar-refractivity contribution in [1.29, 1.82) is 0 Å². The number of aromatic nitrogens is 2. The van der Waals surface area contributed by atoms with Gasteiger partial charge in [-0.3, -0.25) is 4.79 Å². The van der Waals surface area contributed by atoms with E-state index in [0.29, 0.717) is 6.04 Å². The van der Waals surface area contributed by atoms with Gasteiger partial charge in [0.25, 0.3) is 5.91 Å². The van der Waals surface area contributed by atoms with Gasteiger partial charge in [0.2, 0.25) is 0 Å². The molecule has 1 aromatic carbocycles. The van der Waals surface area contributed by atoms with Gasteiger partial charge < -0.3 is 9.88 Å². The molecule has 1 aromatic heterocycles. The Labute approximate surface area is 112 Å². The van der Waals surface area contributed by atoms with Crippen molar-refractivity contribution in [2.75, 3.05) is 0 Å². The van der Waals surface area contributed by atoms with Crippen LogP contribution < -0.4 is 5.32 Å². The number of rotatable bonds is 3. The van der Waals surface area contributed by atoms with Crippen molar-refractivity contribution in [1.82, 2.24) is 14.9 Å². The van der Waals surface area contributed by atoms with Gasteiger partial charge in [-0.05, 0) is 37.0 Å². The Balaban J connectivity index is 1.75. The summed E-state index contributed by atoms with van der Waals surface area (Å²) in [5.41, 5.74) is 2.84. The Morgan fingerprint density at radius 3 is 2.58 bits per heavy atom. The third-order valence-electron chi connectivity index (χ3n) is 3.70. The third-order valence-corrected chi connectivity index (χ3v) is 3.70. The van der Waals surface area contributed by atoms with E-state index < -0.39 is 0 Å². The maximum Gasteiger partial charge on any atom is 0.251 e. The zero-order valence-electron chi connectivity index (χ0n) is 11.0. The first-order valence-corrected chi connectivity index (χ1v) is 6.61. The topological polar surface area (TPSA) is 46.9 Å². The summed E-state index contributed by atoms with van der Waals surface area (Å²) < 4.78 is 1.96. The fourth-order valence-electron chi connectivity index (χ4n) is 2.25. The molecule has 4 nitrogen and oxygen atoms in total. The molecule has 0 bridgehead atoms. The molecule has 0 aliphatic heterocycles. The average Bonchev–Trinajstić information content (AvgIpc) is 2.80. The zero-order chi connectivity index (χ0) is 13.2. The molecule has 0 unspecified atom stereocenters. The minimum atomic E-state index is 0.0289.